The third-order valence-corrected chi connectivity index (χ3v) is 8.50. The molecule has 4 rings (SSSR count). The van der Waals surface area contributed by atoms with Crippen molar-refractivity contribution in [2.24, 2.45) is 0 Å². The average molecular weight is 629 g/mol. The van der Waals surface area contributed by atoms with E-state index in [1.165, 1.54) is 18.3 Å². The molecule has 1 aliphatic carbocycles. The van der Waals surface area contributed by atoms with Gasteiger partial charge in [-0.05, 0) is 69.1 Å². The van der Waals surface area contributed by atoms with Crippen molar-refractivity contribution < 1.29 is 30.8 Å². The number of anilines is 2. The first-order valence-electron chi connectivity index (χ1n) is 12.9. The first-order chi connectivity index (χ1) is 19.7. The highest BCUT2D eigenvalue weighted by Gasteiger charge is 2.35. The zero-order chi connectivity index (χ0) is 30.7. The van der Waals surface area contributed by atoms with Crippen molar-refractivity contribution in [2.45, 2.75) is 48.3 Å². The number of hydrogen-bond donors (Lipinski definition) is 3. The number of nitrogens with one attached hydrogen (secondary N) is 3. The largest absolute Gasteiger partial charge is 0.416 e. The van der Waals surface area contributed by atoms with Crippen LogP contribution in [-0.4, -0.2) is 61.9 Å². The molecule has 0 spiro atoms. The molecule has 1 saturated carbocycles. The van der Waals surface area contributed by atoms with Gasteiger partial charge in [-0.2, -0.15) is 13.2 Å². The molecule has 1 heterocycles. The Morgan fingerprint density at radius 1 is 1.12 bits per heavy atom. The van der Waals surface area contributed by atoms with Gasteiger partial charge in [-0.15, -0.1) is 0 Å². The van der Waals surface area contributed by atoms with Crippen molar-refractivity contribution in [1.82, 2.24) is 20.2 Å². The summed E-state index contributed by atoms with van der Waals surface area (Å²) in [4.78, 5) is 21.1. The van der Waals surface area contributed by atoms with Gasteiger partial charge in [0, 0.05) is 18.3 Å². The fraction of sp³-hybridized carbons (Fsp3) is 0.370. The van der Waals surface area contributed by atoms with Crippen LogP contribution in [0.3, 0.4) is 0 Å². The molecule has 0 radical (unpaired) electrons. The summed E-state index contributed by atoms with van der Waals surface area (Å²) in [6, 6.07) is 7.32. The van der Waals surface area contributed by atoms with Gasteiger partial charge in [-0.1, -0.05) is 29.8 Å². The van der Waals surface area contributed by atoms with Crippen molar-refractivity contribution >= 4 is 39.0 Å². The van der Waals surface area contributed by atoms with Gasteiger partial charge in [0.2, 0.25) is 5.91 Å². The second-order valence-corrected chi connectivity index (χ2v) is 12.3. The molecular weight excluding hydrogens is 600 g/mol. The topological polar surface area (TPSA) is 116 Å². The smallest absolute Gasteiger partial charge is 0.379 e. The maximum absolute atomic E-state index is 15.1. The van der Waals surface area contributed by atoms with E-state index in [1.807, 2.05) is 0 Å². The maximum Gasteiger partial charge on any atom is 0.416 e. The molecule has 1 fully saturated rings. The van der Waals surface area contributed by atoms with Crippen LogP contribution >= 0.6 is 11.6 Å². The zero-order valence-electron chi connectivity index (χ0n) is 22.6. The van der Waals surface area contributed by atoms with Gasteiger partial charge in [0.1, 0.15) is 22.9 Å². The van der Waals surface area contributed by atoms with Gasteiger partial charge in [0.25, 0.3) is 10.0 Å². The number of nitrogens with zero attached hydrogens (tertiary/aromatic N) is 3. The van der Waals surface area contributed by atoms with E-state index < -0.39 is 44.6 Å². The molecule has 15 heteroatoms. The number of halogens is 5. The summed E-state index contributed by atoms with van der Waals surface area (Å²) < 4.78 is 82.8. The van der Waals surface area contributed by atoms with E-state index in [9.17, 15) is 26.4 Å². The number of hydrogen-bond acceptors (Lipinski definition) is 7. The van der Waals surface area contributed by atoms with E-state index in [0.717, 1.165) is 30.6 Å². The Hall–Kier alpha value is -3.49. The summed E-state index contributed by atoms with van der Waals surface area (Å²) in [5.41, 5.74) is -0.144. The lowest BCUT2D eigenvalue weighted by Gasteiger charge is -2.38. The molecule has 3 atom stereocenters. The summed E-state index contributed by atoms with van der Waals surface area (Å²) in [5.74, 6) is -1.70. The summed E-state index contributed by atoms with van der Waals surface area (Å²) in [7, 11) is -0.933. The van der Waals surface area contributed by atoms with Crippen molar-refractivity contribution in [3.05, 3.63) is 77.0 Å². The van der Waals surface area contributed by atoms with Crippen LogP contribution in [-0.2, 0) is 21.0 Å². The van der Waals surface area contributed by atoms with Crippen LogP contribution in [0.1, 0.15) is 36.3 Å². The quantitative estimate of drug-likeness (QED) is 0.289. The Labute approximate surface area is 245 Å². The molecule has 9 nitrogen and oxygen atoms in total. The van der Waals surface area contributed by atoms with Crippen LogP contribution in [0.2, 0.25) is 5.02 Å². The van der Waals surface area contributed by atoms with E-state index in [-0.39, 0.29) is 34.9 Å². The van der Waals surface area contributed by atoms with Crippen LogP contribution in [0.4, 0.5) is 29.1 Å². The van der Waals surface area contributed by atoms with Crippen LogP contribution in [0.25, 0.3) is 0 Å². The minimum atomic E-state index is -4.49. The second kappa shape index (κ2) is 12.8. The minimum absolute atomic E-state index is 0.0587. The zero-order valence-corrected chi connectivity index (χ0v) is 24.2. The molecule has 0 bridgehead atoms. The third kappa shape index (κ3) is 7.86. The number of alkyl halides is 3. The number of sulfonamides is 1. The SMILES string of the molecule is CN(C)CC(=O)NC1C[C@@H](c2cccc(C(F)(F)F)c2)CC[C@@H]1Nc1cc(F)c(S(=O)(=O)Nc2ccncn2)cc1Cl. The first-order valence-corrected chi connectivity index (χ1v) is 14.7. The van der Waals surface area contributed by atoms with Gasteiger partial charge in [0.15, 0.2) is 0 Å². The van der Waals surface area contributed by atoms with Crippen molar-refractivity contribution in [3.8, 4) is 0 Å². The number of aromatic nitrogens is 2. The molecule has 1 aliphatic rings. The Bertz CT molecular complexity index is 1530. The molecule has 1 unspecified atom stereocenters. The Morgan fingerprint density at radius 2 is 1.88 bits per heavy atom. The fourth-order valence-corrected chi connectivity index (χ4v) is 6.28. The van der Waals surface area contributed by atoms with Crippen LogP contribution in [0.15, 0.2) is 59.9 Å². The lowest BCUT2D eigenvalue weighted by molar-refractivity contribution is -0.137. The third-order valence-electron chi connectivity index (χ3n) is 6.81. The van der Waals surface area contributed by atoms with Crippen molar-refractivity contribution in [3.63, 3.8) is 0 Å². The van der Waals surface area contributed by atoms with E-state index >= 15 is 4.39 Å². The number of rotatable bonds is 9. The van der Waals surface area contributed by atoms with E-state index in [4.69, 9.17) is 11.6 Å². The summed E-state index contributed by atoms with van der Waals surface area (Å²) >= 11 is 6.39. The molecule has 2 aromatic carbocycles. The lowest BCUT2D eigenvalue weighted by atomic mass is 9.78. The molecule has 0 aliphatic heterocycles. The van der Waals surface area contributed by atoms with Gasteiger partial charge in [-0.3, -0.25) is 9.52 Å². The normalized spacial score (nSPS) is 19.4. The van der Waals surface area contributed by atoms with Gasteiger partial charge >= 0.3 is 6.18 Å². The van der Waals surface area contributed by atoms with Gasteiger partial charge in [-0.25, -0.2) is 22.8 Å². The molecule has 1 amide bonds. The summed E-state index contributed by atoms with van der Waals surface area (Å²) in [5, 5.41) is 5.98. The number of carbonyl (C=O) groups excluding carboxylic acids is 1. The average Bonchev–Trinajstić information content (AvgIpc) is 2.91. The molecule has 3 N–H and O–H groups in total. The van der Waals surface area contributed by atoms with E-state index in [1.54, 1.807) is 25.1 Å². The number of amides is 1. The maximum atomic E-state index is 15.1. The Kier molecular flexibility index (Phi) is 9.58. The minimum Gasteiger partial charge on any atom is -0.379 e. The Morgan fingerprint density at radius 3 is 2.55 bits per heavy atom. The molecule has 1 aromatic heterocycles. The molecular formula is C27H29ClF4N6O3S. The van der Waals surface area contributed by atoms with Gasteiger partial charge in [0.05, 0.1) is 22.8 Å². The van der Waals surface area contributed by atoms with E-state index in [0.29, 0.717) is 24.8 Å². The number of benzene rings is 2. The standard InChI is InChI=1S/C27H29ClF4N6O3S/c1-38(2)14-26(39)36-23-11-17(16-4-3-5-18(10-16)27(30,31)32)6-7-21(23)35-22-13-20(29)24(12-19(22)28)42(40,41)37-25-8-9-33-15-34-25/h3-5,8-10,12-13,15,17,21,23,35H,6-7,11,14H2,1-2H3,(H,36,39)(H,33,34,37)/t17-,21-,23?/m0/s1. The molecule has 42 heavy (non-hydrogen) atoms. The highest BCUT2D eigenvalue weighted by atomic mass is 35.5. The molecule has 226 valence electrons. The molecule has 0 saturated heterocycles. The monoisotopic (exact) mass is 628 g/mol. The van der Waals surface area contributed by atoms with E-state index in [2.05, 4.69) is 25.3 Å². The van der Waals surface area contributed by atoms with Crippen molar-refractivity contribution in [1.29, 1.82) is 0 Å². The van der Waals surface area contributed by atoms with Gasteiger partial charge < -0.3 is 15.5 Å². The highest BCUT2D eigenvalue weighted by Crippen LogP contribution is 2.38. The highest BCUT2D eigenvalue weighted by molar-refractivity contribution is 7.92. The predicted molar refractivity (Wildman–Crippen MR) is 150 cm³/mol. The van der Waals surface area contributed by atoms with Crippen LogP contribution < -0.4 is 15.4 Å². The fourth-order valence-electron chi connectivity index (χ4n) is 4.90. The summed E-state index contributed by atoms with van der Waals surface area (Å²) in [6.45, 7) is 0.0821. The first kappa shape index (κ1) is 31.4. The number of likely N-dealkylation sites (N-methyl/N-ethyl adjacent to an activating group) is 1. The lowest BCUT2D eigenvalue weighted by Crippen LogP contribution is -2.51. The predicted octanol–water partition coefficient (Wildman–Crippen LogP) is 4.88. The molecule has 3 aromatic rings. The van der Waals surface area contributed by atoms with Crippen LogP contribution in [0, 0.1) is 5.82 Å². The van der Waals surface area contributed by atoms with Crippen LogP contribution in [0.5, 0.6) is 0 Å². The van der Waals surface area contributed by atoms with Crippen molar-refractivity contribution in [2.75, 3.05) is 30.7 Å². The summed E-state index contributed by atoms with van der Waals surface area (Å²) in [6.07, 6.45) is -0.845. The second-order valence-electron chi connectivity index (χ2n) is 10.3. The number of carbonyl (C=O) groups is 1. The Balaban J connectivity index is 1.57.